The molecule has 2 nitrogen and oxygen atoms in total. The average molecular weight is 211 g/mol. The Bertz CT molecular complexity index is 385. The maximum atomic E-state index is 11.3. The SMILES string of the molecule is CC1(C)OC(=O)C1c1cccc(Cl)c1. The zero-order chi connectivity index (χ0) is 10.3. The van der Waals surface area contributed by atoms with Crippen LogP contribution in [0.5, 0.6) is 0 Å². The first-order chi connectivity index (χ1) is 6.50. The normalized spacial score (nSPS) is 23.9. The molecule has 0 saturated carbocycles. The number of carbonyl (C=O) groups excluding carboxylic acids is 1. The summed E-state index contributed by atoms with van der Waals surface area (Å²) < 4.78 is 5.05. The number of rotatable bonds is 1. The number of carbonyl (C=O) groups is 1. The Hall–Kier alpha value is -1.02. The van der Waals surface area contributed by atoms with Crippen LogP contribution in [0.2, 0.25) is 5.02 Å². The van der Waals surface area contributed by atoms with Crippen LogP contribution in [0.1, 0.15) is 25.3 Å². The van der Waals surface area contributed by atoms with Crippen LogP contribution in [0.3, 0.4) is 0 Å². The van der Waals surface area contributed by atoms with Crippen LogP contribution >= 0.6 is 11.6 Å². The summed E-state index contributed by atoms with van der Waals surface area (Å²) in [6.45, 7) is 3.81. The summed E-state index contributed by atoms with van der Waals surface area (Å²) in [6, 6.07) is 7.36. The molecule has 1 aromatic carbocycles. The molecule has 1 aliphatic heterocycles. The van der Waals surface area contributed by atoms with E-state index in [2.05, 4.69) is 0 Å². The smallest absolute Gasteiger partial charge is 0.318 e. The minimum atomic E-state index is -0.401. The number of esters is 1. The molecule has 2 rings (SSSR count). The molecule has 14 heavy (non-hydrogen) atoms. The predicted molar refractivity (Wildman–Crippen MR) is 54.4 cm³/mol. The Morgan fingerprint density at radius 3 is 2.64 bits per heavy atom. The van der Waals surface area contributed by atoms with Gasteiger partial charge in [0.1, 0.15) is 11.5 Å². The molecule has 0 spiro atoms. The lowest BCUT2D eigenvalue weighted by Gasteiger charge is -2.42. The Kier molecular flexibility index (Phi) is 2.04. The molecule has 1 heterocycles. The molecular formula is C11H11ClO2. The predicted octanol–water partition coefficient (Wildman–Crippen LogP) is 2.76. The van der Waals surface area contributed by atoms with Gasteiger partial charge in [-0.15, -0.1) is 0 Å². The Morgan fingerprint density at radius 1 is 1.43 bits per heavy atom. The summed E-state index contributed by atoms with van der Waals surface area (Å²) in [6.07, 6.45) is 0. The number of halogens is 1. The van der Waals surface area contributed by atoms with E-state index in [0.717, 1.165) is 5.56 Å². The van der Waals surface area contributed by atoms with Gasteiger partial charge in [0.15, 0.2) is 0 Å². The van der Waals surface area contributed by atoms with Crippen molar-refractivity contribution in [3.63, 3.8) is 0 Å². The third-order valence-electron chi connectivity index (χ3n) is 2.48. The van der Waals surface area contributed by atoms with Crippen LogP contribution in [0, 0.1) is 0 Å². The molecule has 0 N–H and O–H groups in total. The summed E-state index contributed by atoms with van der Waals surface area (Å²) in [7, 11) is 0. The number of cyclic esters (lactones) is 1. The van der Waals surface area contributed by atoms with Crippen molar-refractivity contribution in [1.29, 1.82) is 0 Å². The fourth-order valence-corrected chi connectivity index (χ4v) is 2.03. The molecule has 1 atom stereocenters. The zero-order valence-electron chi connectivity index (χ0n) is 8.08. The minimum absolute atomic E-state index is 0.169. The first-order valence-electron chi connectivity index (χ1n) is 4.49. The van der Waals surface area contributed by atoms with Gasteiger partial charge in [0, 0.05) is 5.02 Å². The van der Waals surface area contributed by atoms with E-state index in [9.17, 15) is 4.79 Å². The fourth-order valence-electron chi connectivity index (χ4n) is 1.83. The molecule has 1 unspecified atom stereocenters. The van der Waals surface area contributed by atoms with Gasteiger partial charge in [-0.2, -0.15) is 0 Å². The first-order valence-corrected chi connectivity index (χ1v) is 4.87. The molecule has 74 valence electrons. The number of ether oxygens (including phenoxy) is 1. The van der Waals surface area contributed by atoms with Crippen LogP contribution in [0.15, 0.2) is 24.3 Å². The highest BCUT2D eigenvalue weighted by atomic mass is 35.5. The largest absolute Gasteiger partial charge is 0.458 e. The topological polar surface area (TPSA) is 26.3 Å². The van der Waals surface area contributed by atoms with Gasteiger partial charge < -0.3 is 4.74 Å². The van der Waals surface area contributed by atoms with E-state index in [1.807, 2.05) is 32.0 Å². The summed E-state index contributed by atoms with van der Waals surface area (Å²) in [5.74, 6) is -0.349. The van der Waals surface area contributed by atoms with Gasteiger partial charge in [0.05, 0.1) is 0 Å². The van der Waals surface area contributed by atoms with Crippen LogP contribution in [0.4, 0.5) is 0 Å². The maximum absolute atomic E-state index is 11.3. The quantitative estimate of drug-likeness (QED) is 0.667. The number of hydrogen-bond acceptors (Lipinski definition) is 2. The second-order valence-electron chi connectivity index (χ2n) is 4.01. The lowest BCUT2D eigenvalue weighted by atomic mass is 9.80. The monoisotopic (exact) mass is 210 g/mol. The second kappa shape index (κ2) is 2.99. The van der Waals surface area contributed by atoms with Crippen LogP contribution in [-0.4, -0.2) is 11.6 Å². The van der Waals surface area contributed by atoms with Crippen LogP contribution in [-0.2, 0) is 9.53 Å². The highest BCUT2D eigenvalue weighted by Gasteiger charge is 2.50. The molecule has 1 fully saturated rings. The van der Waals surface area contributed by atoms with Crippen molar-refractivity contribution < 1.29 is 9.53 Å². The third kappa shape index (κ3) is 1.40. The minimum Gasteiger partial charge on any atom is -0.458 e. The second-order valence-corrected chi connectivity index (χ2v) is 4.45. The molecule has 0 amide bonds. The Morgan fingerprint density at radius 2 is 2.14 bits per heavy atom. The summed E-state index contributed by atoms with van der Waals surface area (Å²) in [5, 5.41) is 0.651. The van der Waals surface area contributed by atoms with Gasteiger partial charge >= 0.3 is 5.97 Å². The summed E-state index contributed by atoms with van der Waals surface area (Å²) >= 11 is 5.86. The molecule has 0 aliphatic carbocycles. The molecule has 1 saturated heterocycles. The van der Waals surface area contributed by atoms with Crippen molar-refractivity contribution in [1.82, 2.24) is 0 Å². The molecule has 3 heteroatoms. The van der Waals surface area contributed by atoms with Gasteiger partial charge in [-0.3, -0.25) is 4.79 Å². The van der Waals surface area contributed by atoms with Crippen molar-refractivity contribution in [2.75, 3.05) is 0 Å². The Balaban J connectivity index is 2.35. The highest BCUT2D eigenvalue weighted by Crippen LogP contribution is 2.41. The van der Waals surface area contributed by atoms with E-state index in [0.29, 0.717) is 5.02 Å². The molecule has 0 bridgehead atoms. The van der Waals surface area contributed by atoms with E-state index in [4.69, 9.17) is 16.3 Å². The standard InChI is InChI=1S/C11H11ClO2/c1-11(2)9(10(13)14-11)7-4-3-5-8(12)6-7/h3-6,9H,1-2H3. The van der Waals surface area contributed by atoms with Gasteiger partial charge in [0.2, 0.25) is 0 Å². The van der Waals surface area contributed by atoms with E-state index < -0.39 is 5.60 Å². The van der Waals surface area contributed by atoms with Gasteiger partial charge in [-0.1, -0.05) is 23.7 Å². The van der Waals surface area contributed by atoms with E-state index in [-0.39, 0.29) is 11.9 Å². The van der Waals surface area contributed by atoms with Crippen molar-refractivity contribution in [3.8, 4) is 0 Å². The van der Waals surface area contributed by atoms with Crippen LogP contribution in [0.25, 0.3) is 0 Å². The summed E-state index contributed by atoms with van der Waals surface area (Å²) in [4.78, 5) is 11.3. The van der Waals surface area contributed by atoms with Crippen molar-refractivity contribution >= 4 is 17.6 Å². The van der Waals surface area contributed by atoms with E-state index >= 15 is 0 Å². The van der Waals surface area contributed by atoms with E-state index in [1.165, 1.54) is 0 Å². The lowest BCUT2D eigenvalue weighted by Crippen LogP contribution is -2.51. The number of hydrogen-bond donors (Lipinski definition) is 0. The zero-order valence-corrected chi connectivity index (χ0v) is 8.84. The fraction of sp³-hybridized carbons (Fsp3) is 0.364. The van der Waals surface area contributed by atoms with Gasteiger partial charge in [-0.05, 0) is 31.5 Å². The highest BCUT2D eigenvalue weighted by molar-refractivity contribution is 6.30. The summed E-state index contributed by atoms with van der Waals surface area (Å²) in [5.41, 5.74) is 0.528. The number of benzene rings is 1. The van der Waals surface area contributed by atoms with Crippen molar-refractivity contribution in [2.24, 2.45) is 0 Å². The third-order valence-corrected chi connectivity index (χ3v) is 2.71. The van der Waals surface area contributed by atoms with Crippen molar-refractivity contribution in [2.45, 2.75) is 25.4 Å². The maximum Gasteiger partial charge on any atom is 0.318 e. The molecule has 1 aromatic rings. The average Bonchev–Trinajstić information content (AvgIpc) is 2.01. The molecular weight excluding hydrogens is 200 g/mol. The molecule has 0 aromatic heterocycles. The Labute approximate surface area is 87.8 Å². The molecule has 1 aliphatic rings. The van der Waals surface area contributed by atoms with Gasteiger partial charge in [-0.25, -0.2) is 0 Å². The van der Waals surface area contributed by atoms with Crippen LogP contribution < -0.4 is 0 Å². The van der Waals surface area contributed by atoms with E-state index in [1.54, 1.807) is 6.07 Å². The van der Waals surface area contributed by atoms with Crippen molar-refractivity contribution in [3.05, 3.63) is 34.9 Å². The lowest BCUT2D eigenvalue weighted by molar-refractivity contribution is -0.191. The molecule has 0 radical (unpaired) electrons. The first kappa shape index (κ1) is 9.53. The van der Waals surface area contributed by atoms with Gasteiger partial charge in [0.25, 0.3) is 0 Å².